The summed E-state index contributed by atoms with van der Waals surface area (Å²) < 4.78 is 0.879. The van der Waals surface area contributed by atoms with Crippen LogP contribution in [-0.2, 0) is 15.1 Å². The number of nitro groups is 1. The topological polar surface area (TPSA) is 80.5 Å². The first-order chi connectivity index (χ1) is 15.0. The van der Waals surface area contributed by atoms with Crippen molar-refractivity contribution in [2.24, 2.45) is 11.8 Å². The smallest absolute Gasteiger partial charge is 0.274 e. The predicted octanol–water partition coefficient (Wildman–Crippen LogP) is 4.08. The van der Waals surface area contributed by atoms with E-state index in [9.17, 15) is 19.7 Å². The highest BCUT2D eigenvalue weighted by molar-refractivity contribution is 14.1. The molecule has 7 heteroatoms. The molecule has 6 nitrogen and oxygen atoms in total. The molecule has 1 saturated heterocycles. The molecular weight excluding hydrogens is 507 g/mol. The first kappa shape index (κ1) is 18.7. The number of benzene rings is 3. The molecule has 7 rings (SSSR count). The second-order valence-electron chi connectivity index (χ2n) is 8.17. The van der Waals surface area contributed by atoms with E-state index in [2.05, 4.69) is 22.6 Å². The van der Waals surface area contributed by atoms with Crippen LogP contribution in [0.1, 0.15) is 28.2 Å². The Kier molecular flexibility index (Phi) is 3.75. The molecule has 3 aromatic rings. The van der Waals surface area contributed by atoms with Crippen molar-refractivity contribution in [1.82, 2.24) is 0 Å². The predicted molar refractivity (Wildman–Crippen MR) is 121 cm³/mol. The van der Waals surface area contributed by atoms with Gasteiger partial charge in [0.2, 0.25) is 11.8 Å². The maximum Gasteiger partial charge on any atom is 0.285 e. The van der Waals surface area contributed by atoms with E-state index in [0.29, 0.717) is 16.8 Å². The Hall–Kier alpha value is -3.07. The van der Waals surface area contributed by atoms with Crippen molar-refractivity contribution in [3.63, 3.8) is 0 Å². The van der Waals surface area contributed by atoms with E-state index in [-0.39, 0.29) is 16.7 Å². The molecule has 2 bridgehead atoms. The molecule has 1 fully saturated rings. The molecular formula is C24H15IN2O4. The van der Waals surface area contributed by atoms with Crippen molar-refractivity contribution in [2.45, 2.75) is 11.5 Å². The minimum absolute atomic E-state index is 0.346. The van der Waals surface area contributed by atoms with E-state index < -0.39 is 23.3 Å². The normalized spacial score (nSPS) is 27.6. The van der Waals surface area contributed by atoms with E-state index >= 15 is 0 Å². The monoisotopic (exact) mass is 522 g/mol. The summed E-state index contributed by atoms with van der Waals surface area (Å²) in [5.74, 6) is -3.13. The number of nitrogens with zero attached hydrogens (tertiary/aromatic N) is 2. The largest absolute Gasteiger partial charge is 0.285 e. The molecule has 3 aromatic carbocycles. The number of carbonyl (C=O) groups excluding carboxylic acids is 2. The number of hydrogen-bond acceptors (Lipinski definition) is 4. The van der Waals surface area contributed by atoms with E-state index in [0.717, 1.165) is 14.7 Å². The van der Waals surface area contributed by atoms with Crippen LogP contribution in [0.2, 0.25) is 0 Å². The van der Waals surface area contributed by atoms with Crippen LogP contribution in [0.15, 0.2) is 72.8 Å². The van der Waals surface area contributed by atoms with Crippen molar-refractivity contribution in [2.75, 3.05) is 4.90 Å². The van der Waals surface area contributed by atoms with Crippen LogP contribution in [0, 0.1) is 25.5 Å². The third kappa shape index (κ3) is 2.12. The number of imide groups is 1. The number of anilines is 1. The van der Waals surface area contributed by atoms with Gasteiger partial charge in [-0.3, -0.25) is 19.7 Å². The highest BCUT2D eigenvalue weighted by Gasteiger charge is 2.74. The van der Waals surface area contributed by atoms with Crippen molar-refractivity contribution in [1.29, 1.82) is 0 Å². The Bertz CT molecular complexity index is 1270. The van der Waals surface area contributed by atoms with Crippen LogP contribution < -0.4 is 4.90 Å². The van der Waals surface area contributed by atoms with Crippen LogP contribution in [0.25, 0.3) is 0 Å². The zero-order chi connectivity index (χ0) is 21.5. The zero-order valence-corrected chi connectivity index (χ0v) is 18.2. The zero-order valence-electron chi connectivity index (χ0n) is 16.1. The Labute approximate surface area is 191 Å². The van der Waals surface area contributed by atoms with Gasteiger partial charge in [-0.1, -0.05) is 54.6 Å². The van der Waals surface area contributed by atoms with Crippen LogP contribution in [0.4, 0.5) is 5.69 Å². The van der Waals surface area contributed by atoms with Crippen LogP contribution in [-0.4, -0.2) is 16.7 Å². The van der Waals surface area contributed by atoms with E-state index in [1.165, 1.54) is 4.90 Å². The molecule has 152 valence electrons. The van der Waals surface area contributed by atoms with Gasteiger partial charge in [-0.2, -0.15) is 0 Å². The molecule has 0 saturated carbocycles. The van der Waals surface area contributed by atoms with Gasteiger partial charge >= 0.3 is 0 Å². The van der Waals surface area contributed by atoms with Gasteiger partial charge in [0.15, 0.2) is 0 Å². The summed E-state index contributed by atoms with van der Waals surface area (Å²) in [6, 6.07) is 21.5. The van der Waals surface area contributed by atoms with Gasteiger partial charge in [-0.25, -0.2) is 4.90 Å². The standard InChI is InChI=1S/C24H15IN2O4/c25-13-6-5-7-14(12-13)26-22(28)20-19-15-8-1-3-10-17(15)24(27(30)31,21(20)23(26)29)18-11-4-2-9-16(18)19/h1-12,19-21H/t19?,20-,21+,24?/m0/s1. The van der Waals surface area contributed by atoms with Gasteiger partial charge in [-0.05, 0) is 51.9 Å². The Morgan fingerprint density at radius 3 is 2.06 bits per heavy atom. The molecule has 3 aliphatic carbocycles. The van der Waals surface area contributed by atoms with Crippen molar-refractivity contribution in [3.05, 3.63) is 109 Å². The number of rotatable bonds is 2. The molecule has 0 N–H and O–H groups in total. The lowest BCUT2D eigenvalue weighted by molar-refractivity contribution is -0.578. The molecule has 1 aliphatic heterocycles. The van der Waals surface area contributed by atoms with E-state index in [1.54, 1.807) is 42.5 Å². The van der Waals surface area contributed by atoms with Crippen molar-refractivity contribution in [3.8, 4) is 0 Å². The molecule has 0 spiro atoms. The van der Waals surface area contributed by atoms with Crippen LogP contribution in [0.5, 0.6) is 0 Å². The SMILES string of the molecule is O=C1[C@H]2C3c4ccccc4C([N+](=O)[O-])(c4ccccc43)[C@H]2C(=O)N1c1cccc(I)c1. The van der Waals surface area contributed by atoms with Gasteiger partial charge in [0.1, 0.15) is 5.92 Å². The Morgan fingerprint density at radius 2 is 1.48 bits per heavy atom. The van der Waals surface area contributed by atoms with Gasteiger partial charge in [0, 0.05) is 25.5 Å². The fraction of sp³-hybridized carbons (Fsp3) is 0.167. The first-order valence-corrected chi connectivity index (χ1v) is 11.0. The lowest BCUT2D eigenvalue weighted by Crippen LogP contribution is -2.57. The van der Waals surface area contributed by atoms with Gasteiger partial charge in [0.25, 0.3) is 5.54 Å². The highest BCUT2D eigenvalue weighted by Crippen LogP contribution is 2.64. The fourth-order valence-electron chi connectivity index (χ4n) is 5.91. The minimum atomic E-state index is -1.78. The molecule has 2 amide bonds. The number of hydrogen-bond donors (Lipinski definition) is 0. The summed E-state index contributed by atoms with van der Waals surface area (Å²) in [6.45, 7) is 0. The number of amides is 2. The molecule has 31 heavy (non-hydrogen) atoms. The highest BCUT2D eigenvalue weighted by atomic mass is 127. The Balaban J connectivity index is 1.68. The second-order valence-corrected chi connectivity index (χ2v) is 9.42. The third-order valence-corrected chi connectivity index (χ3v) is 7.60. The molecule has 0 radical (unpaired) electrons. The number of carbonyl (C=O) groups is 2. The Morgan fingerprint density at radius 1 is 0.871 bits per heavy atom. The lowest BCUT2D eigenvalue weighted by Gasteiger charge is -2.48. The van der Waals surface area contributed by atoms with E-state index in [4.69, 9.17) is 0 Å². The van der Waals surface area contributed by atoms with Gasteiger partial charge in [0.05, 0.1) is 11.6 Å². The summed E-state index contributed by atoms with van der Waals surface area (Å²) in [5, 5.41) is 12.9. The summed E-state index contributed by atoms with van der Waals surface area (Å²) in [4.78, 5) is 41.2. The summed E-state index contributed by atoms with van der Waals surface area (Å²) in [6.07, 6.45) is 0. The molecule has 2 atom stereocenters. The average Bonchev–Trinajstić information content (AvgIpc) is 3.04. The fourth-order valence-corrected chi connectivity index (χ4v) is 6.44. The third-order valence-electron chi connectivity index (χ3n) is 6.93. The second kappa shape index (κ2) is 6.23. The average molecular weight is 522 g/mol. The van der Waals surface area contributed by atoms with Gasteiger partial charge in [-0.15, -0.1) is 0 Å². The van der Waals surface area contributed by atoms with Crippen molar-refractivity contribution < 1.29 is 14.5 Å². The van der Waals surface area contributed by atoms with Crippen LogP contribution in [0.3, 0.4) is 0 Å². The molecule has 0 aromatic heterocycles. The van der Waals surface area contributed by atoms with E-state index in [1.807, 2.05) is 30.3 Å². The summed E-state index contributed by atoms with van der Waals surface area (Å²) >= 11 is 2.12. The first-order valence-electron chi connectivity index (χ1n) is 9.94. The van der Waals surface area contributed by atoms with Crippen LogP contribution >= 0.6 is 22.6 Å². The molecule has 1 heterocycles. The quantitative estimate of drug-likeness (QED) is 0.220. The van der Waals surface area contributed by atoms with Gasteiger partial charge < -0.3 is 0 Å². The van der Waals surface area contributed by atoms with Crippen molar-refractivity contribution >= 4 is 40.1 Å². The molecule has 4 aliphatic rings. The maximum atomic E-state index is 13.8. The number of halogens is 1. The minimum Gasteiger partial charge on any atom is -0.274 e. The summed E-state index contributed by atoms with van der Waals surface area (Å²) in [5.41, 5.74) is 1.26. The molecule has 0 unspecified atom stereocenters. The summed E-state index contributed by atoms with van der Waals surface area (Å²) in [7, 11) is 0. The lowest BCUT2D eigenvalue weighted by atomic mass is 9.51. The maximum absolute atomic E-state index is 13.8.